The van der Waals surface area contributed by atoms with Crippen molar-refractivity contribution >= 4 is 34.3 Å². The van der Waals surface area contributed by atoms with Gasteiger partial charge in [0.25, 0.3) is 0 Å². The molecule has 0 bridgehead atoms. The Morgan fingerprint density at radius 1 is 1.15 bits per heavy atom. The van der Waals surface area contributed by atoms with E-state index in [1.54, 1.807) is 30.3 Å². The number of hydrogen-bond donors (Lipinski definition) is 6. The van der Waals surface area contributed by atoms with Crippen LogP contribution in [0.15, 0.2) is 30.3 Å². The van der Waals surface area contributed by atoms with Crippen molar-refractivity contribution in [3.63, 3.8) is 0 Å². The first-order chi connectivity index (χ1) is 16.0. The van der Waals surface area contributed by atoms with E-state index in [2.05, 4.69) is 10.1 Å². The van der Waals surface area contributed by atoms with Crippen molar-refractivity contribution in [2.45, 2.75) is 31.9 Å². The maximum atomic E-state index is 13.0. The zero-order valence-electron chi connectivity index (χ0n) is 18.3. The molecule has 1 rings (SSSR count). The van der Waals surface area contributed by atoms with E-state index in [0.29, 0.717) is 0 Å². The highest BCUT2D eigenvalue weighted by molar-refractivity contribution is 7.83. The Labute approximate surface area is 196 Å². The van der Waals surface area contributed by atoms with Gasteiger partial charge in [-0.05, 0) is 18.4 Å². The van der Waals surface area contributed by atoms with Crippen LogP contribution in [-0.2, 0) is 36.0 Å². The molecule has 15 heteroatoms. The van der Waals surface area contributed by atoms with Crippen molar-refractivity contribution in [2.75, 3.05) is 26.2 Å². The summed E-state index contributed by atoms with van der Waals surface area (Å²) in [5.74, 6) is -1.76. The van der Waals surface area contributed by atoms with E-state index >= 15 is 0 Å². The predicted octanol–water partition coefficient (Wildman–Crippen LogP) is -0.333. The third kappa shape index (κ3) is 13.2. The van der Waals surface area contributed by atoms with Crippen LogP contribution in [0, 0.1) is 5.41 Å². The number of hydrogen-bond acceptors (Lipinski definition) is 8. The molecule has 1 amide bonds. The number of rotatable bonds is 15. The van der Waals surface area contributed by atoms with Gasteiger partial charge in [0.05, 0.1) is 13.0 Å². The van der Waals surface area contributed by atoms with E-state index in [1.165, 1.54) is 0 Å². The molecule has 0 aromatic heterocycles. The summed E-state index contributed by atoms with van der Waals surface area (Å²) in [7, 11) is -4.76. The van der Waals surface area contributed by atoms with Gasteiger partial charge in [-0.2, -0.15) is 13.1 Å². The first-order valence-electron chi connectivity index (χ1n) is 10.1. The molecule has 1 aromatic carbocycles. The Morgan fingerprint density at radius 3 is 2.41 bits per heavy atom. The summed E-state index contributed by atoms with van der Waals surface area (Å²) in [4.78, 5) is 36.7. The summed E-state index contributed by atoms with van der Waals surface area (Å²) < 4.78 is 43.2. The van der Waals surface area contributed by atoms with Gasteiger partial charge in [-0.1, -0.05) is 30.3 Å². The quantitative estimate of drug-likeness (QED) is 0.0597. The zero-order chi connectivity index (χ0) is 25.6. The highest BCUT2D eigenvalue weighted by Crippen LogP contribution is 2.07. The van der Waals surface area contributed by atoms with Crippen molar-refractivity contribution in [3.05, 3.63) is 35.9 Å². The summed E-state index contributed by atoms with van der Waals surface area (Å²) in [6, 6.07) is 7.47. The van der Waals surface area contributed by atoms with Gasteiger partial charge in [-0.25, -0.2) is 4.79 Å². The molecular weight excluding hydrogens is 474 g/mol. The van der Waals surface area contributed by atoms with Gasteiger partial charge in [0.2, 0.25) is 5.91 Å². The molecule has 34 heavy (non-hydrogen) atoms. The lowest BCUT2D eigenvalue weighted by Crippen LogP contribution is -2.50. The van der Waals surface area contributed by atoms with Gasteiger partial charge in [0, 0.05) is 13.1 Å². The molecule has 14 nitrogen and oxygen atoms in total. The summed E-state index contributed by atoms with van der Waals surface area (Å²) >= 11 is 0. The second kappa shape index (κ2) is 14.7. The minimum Gasteiger partial charge on any atom is -0.461 e. The maximum Gasteiger partial charge on any atom is 0.505 e. The molecule has 0 aliphatic carbocycles. The van der Waals surface area contributed by atoms with E-state index in [0.717, 1.165) is 10.5 Å². The summed E-state index contributed by atoms with van der Waals surface area (Å²) in [5.41, 5.74) is 5.93. The second-order valence-corrected chi connectivity index (χ2v) is 8.15. The molecule has 0 aliphatic heterocycles. The normalized spacial score (nSPS) is 11.8. The number of carbonyl (C=O) groups is 3. The van der Waals surface area contributed by atoms with E-state index in [4.69, 9.17) is 25.5 Å². The lowest BCUT2D eigenvalue weighted by atomic mass is 10.1. The van der Waals surface area contributed by atoms with Crippen molar-refractivity contribution in [1.82, 2.24) is 14.9 Å². The first-order valence-corrected chi connectivity index (χ1v) is 11.6. The first kappa shape index (κ1) is 28.6. The van der Waals surface area contributed by atoms with Gasteiger partial charge in [0.1, 0.15) is 19.3 Å². The standard InChI is InChI=1S/C19H29N5O9S/c20-18(21)22-9-4-7-15(23-34(29,30)31)17(26)24(11-12-32-19(27)28)10-8-16(25)33-13-14-5-2-1-3-6-14/h1-3,5-6,15,23H,4,7-13H2,(H,27,28)(H4,20,21,22)(H,29,30,31). The molecule has 190 valence electrons. The van der Waals surface area contributed by atoms with E-state index in [1.807, 2.05) is 4.72 Å². The average molecular weight is 504 g/mol. The largest absolute Gasteiger partial charge is 0.505 e. The molecule has 1 unspecified atom stereocenters. The fraction of sp³-hybridized carbons (Fsp3) is 0.474. The number of nitrogens with two attached hydrogens (primary N) is 1. The highest BCUT2D eigenvalue weighted by Gasteiger charge is 2.28. The fourth-order valence-corrected chi connectivity index (χ4v) is 3.35. The zero-order valence-corrected chi connectivity index (χ0v) is 19.1. The van der Waals surface area contributed by atoms with Crippen LogP contribution in [-0.4, -0.2) is 79.3 Å². The summed E-state index contributed by atoms with van der Waals surface area (Å²) in [6.45, 7) is -0.742. The number of nitrogens with zero attached hydrogens (tertiary/aromatic N) is 1. The van der Waals surface area contributed by atoms with Crippen LogP contribution in [0.2, 0.25) is 0 Å². The van der Waals surface area contributed by atoms with Crippen LogP contribution < -0.4 is 15.8 Å². The topological polar surface area (TPSA) is 221 Å². The van der Waals surface area contributed by atoms with Crippen molar-refractivity contribution in [3.8, 4) is 0 Å². The molecular formula is C19H29N5O9S. The summed E-state index contributed by atoms with van der Waals surface area (Å²) in [5, 5.41) is 18.3. The summed E-state index contributed by atoms with van der Waals surface area (Å²) in [6.07, 6.45) is -1.72. The van der Waals surface area contributed by atoms with E-state index in [9.17, 15) is 22.8 Å². The minimum atomic E-state index is -4.76. The highest BCUT2D eigenvalue weighted by atomic mass is 32.2. The molecule has 0 aliphatic rings. The number of amides is 1. The maximum absolute atomic E-state index is 13.0. The number of esters is 1. The second-order valence-electron chi connectivity index (χ2n) is 6.96. The lowest BCUT2D eigenvalue weighted by molar-refractivity contribution is -0.146. The Balaban J connectivity index is 2.80. The third-order valence-corrected chi connectivity index (χ3v) is 4.88. The van der Waals surface area contributed by atoms with Gasteiger partial charge in [-0.15, -0.1) is 0 Å². The fourth-order valence-electron chi connectivity index (χ4n) is 2.77. The van der Waals surface area contributed by atoms with Gasteiger partial charge >= 0.3 is 22.4 Å². The molecule has 0 spiro atoms. The Bertz CT molecular complexity index is 927. The van der Waals surface area contributed by atoms with Crippen LogP contribution in [0.4, 0.5) is 4.79 Å². The number of benzene rings is 1. The molecule has 0 fully saturated rings. The Kier molecular flexibility index (Phi) is 12.3. The van der Waals surface area contributed by atoms with Crippen LogP contribution in [0.1, 0.15) is 24.8 Å². The van der Waals surface area contributed by atoms with E-state index < -0.39 is 41.0 Å². The molecule has 0 saturated heterocycles. The predicted molar refractivity (Wildman–Crippen MR) is 119 cm³/mol. The van der Waals surface area contributed by atoms with Gasteiger partial charge in [0.15, 0.2) is 5.96 Å². The number of carbonyl (C=O) groups excluding carboxylic acids is 2. The molecule has 0 heterocycles. The van der Waals surface area contributed by atoms with Crippen molar-refractivity contribution < 1.29 is 41.9 Å². The Morgan fingerprint density at radius 2 is 1.82 bits per heavy atom. The molecule has 1 atom stereocenters. The number of ether oxygens (including phenoxy) is 2. The SMILES string of the molecule is N=C(N)NCCCC(NS(=O)(=O)O)C(=O)N(CCOC(=O)O)CCC(=O)OCc1ccccc1. The smallest absolute Gasteiger partial charge is 0.461 e. The van der Waals surface area contributed by atoms with E-state index in [-0.39, 0.29) is 51.5 Å². The molecule has 0 saturated carbocycles. The van der Waals surface area contributed by atoms with Crippen molar-refractivity contribution in [2.24, 2.45) is 5.73 Å². The van der Waals surface area contributed by atoms with Gasteiger partial charge in [-0.3, -0.25) is 19.6 Å². The van der Waals surface area contributed by atoms with Crippen LogP contribution in [0.5, 0.6) is 0 Å². The third-order valence-electron chi connectivity index (χ3n) is 4.30. The lowest BCUT2D eigenvalue weighted by Gasteiger charge is -2.27. The van der Waals surface area contributed by atoms with Crippen LogP contribution in [0.3, 0.4) is 0 Å². The molecule has 0 radical (unpaired) electrons. The molecule has 1 aromatic rings. The van der Waals surface area contributed by atoms with Crippen LogP contribution in [0.25, 0.3) is 0 Å². The minimum absolute atomic E-state index is 0.0197. The van der Waals surface area contributed by atoms with Gasteiger partial charge < -0.3 is 30.5 Å². The average Bonchev–Trinajstić information content (AvgIpc) is 2.75. The number of nitrogens with one attached hydrogen (secondary N) is 3. The Hall–Kier alpha value is -3.43. The monoisotopic (exact) mass is 503 g/mol. The van der Waals surface area contributed by atoms with Crippen LogP contribution >= 0.6 is 0 Å². The molecule has 7 N–H and O–H groups in total. The number of carboxylic acid groups (broad SMARTS) is 1. The van der Waals surface area contributed by atoms with Crippen molar-refractivity contribution in [1.29, 1.82) is 5.41 Å². The number of guanidine groups is 1.